The van der Waals surface area contributed by atoms with Crippen LogP contribution in [0, 0.1) is 0 Å². The molecule has 1 aliphatic rings. The van der Waals surface area contributed by atoms with Gasteiger partial charge in [0.2, 0.25) is 11.7 Å². The van der Waals surface area contributed by atoms with Gasteiger partial charge in [0, 0.05) is 19.4 Å². The first-order valence-corrected chi connectivity index (χ1v) is 5.81. The molecule has 0 fully saturated rings. The molecule has 0 bridgehead atoms. The molecule has 6 heteroatoms. The molecule has 0 spiro atoms. The van der Waals surface area contributed by atoms with E-state index in [1.165, 1.54) is 14.0 Å². The fraction of sp³-hybridized carbons (Fsp3) is 0.308. The Bertz CT molecular complexity index is 578. The lowest BCUT2D eigenvalue weighted by molar-refractivity contribution is -0.114. The van der Waals surface area contributed by atoms with Gasteiger partial charge in [-0.2, -0.15) is 0 Å². The molecule has 6 nitrogen and oxygen atoms in total. The lowest BCUT2D eigenvalue weighted by Crippen LogP contribution is -2.25. The largest absolute Gasteiger partial charge is 0.497 e. The summed E-state index contributed by atoms with van der Waals surface area (Å²) in [5.74, 6) is -0.0776. The Morgan fingerprint density at radius 1 is 1.42 bits per heavy atom. The molecule has 19 heavy (non-hydrogen) atoms. The molecule has 0 heterocycles. The van der Waals surface area contributed by atoms with Crippen LogP contribution in [0.2, 0.25) is 0 Å². The number of fused-ring (bicyclic) bond motifs is 1. The molecule has 1 aromatic carbocycles. The van der Waals surface area contributed by atoms with E-state index >= 15 is 0 Å². The highest BCUT2D eigenvalue weighted by molar-refractivity contribution is 6.48. The van der Waals surface area contributed by atoms with E-state index in [4.69, 9.17) is 9.94 Å². The van der Waals surface area contributed by atoms with Gasteiger partial charge in [-0.1, -0.05) is 5.16 Å². The molecule has 100 valence electrons. The third-order valence-electron chi connectivity index (χ3n) is 2.98. The number of methoxy groups -OCH3 is 1. The Kier molecular flexibility index (Phi) is 3.50. The molecule has 2 rings (SSSR count). The first-order chi connectivity index (χ1) is 9.06. The minimum atomic E-state index is -0.366. The number of nitrogens with one attached hydrogen (secondary N) is 1. The minimum Gasteiger partial charge on any atom is -0.497 e. The fourth-order valence-electron chi connectivity index (χ4n) is 2.15. The number of anilines is 1. The summed E-state index contributed by atoms with van der Waals surface area (Å²) in [6.45, 7) is 1.36. The van der Waals surface area contributed by atoms with Crippen LogP contribution in [-0.4, -0.2) is 29.7 Å². The molecule has 0 radical (unpaired) electrons. The second kappa shape index (κ2) is 5.09. The topological polar surface area (TPSA) is 88.0 Å². The van der Waals surface area contributed by atoms with Crippen molar-refractivity contribution >= 4 is 23.1 Å². The van der Waals surface area contributed by atoms with Gasteiger partial charge in [-0.15, -0.1) is 0 Å². The van der Waals surface area contributed by atoms with Crippen molar-refractivity contribution in [3.63, 3.8) is 0 Å². The third kappa shape index (κ3) is 2.42. The van der Waals surface area contributed by atoms with E-state index in [1.54, 1.807) is 12.1 Å². The van der Waals surface area contributed by atoms with Crippen LogP contribution in [0.25, 0.3) is 0 Å². The number of amides is 1. The molecular formula is C13H14N2O4. The lowest BCUT2D eigenvalue weighted by Gasteiger charge is -2.20. The summed E-state index contributed by atoms with van der Waals surface area (Å²) in [4.78, 5) is 23.4. The average Bonchev–Trinajstić information content (AvgIpc) is 2.37. The molecule has 1 amide bonds. The normalized spacial score (nSPS) is 16.1. The second-order valence-corrected chi connectivity index (χ2v) is 4.27. The summed E-state index contributed by atoms with van der Waals surface area (Å²) in [6.07, 6.45) is 0.930. The number of benzene rings is 1. The molecular weight excluding hydrogens is 248 g/mol. The molecule has 2 N–H and O–H groups in total. The van der Waals surface area contributed by atoms with E-state index in [2.05, 4.69) is 10.5 Å². The predicted octanol–water partition coefficient (Wildman–Crippen LogP) is 1.61. The van der Waals surface area contributed by atoms with E-state index in [9.17, 15) is 9.59 Å². The average molecular weight is 262 g/mol. The SMILES string of the molecule is COc1cc2c(c(NC(C)=O)c1)C(=O)C(=NO)CC2. The molecule has 1 aliphatic carbocycles. The zero-order chi connectivity index (χ0) is 14.0. The quantitative estimate of drug-likeness (QED) is 0.626. The monoisotopic (exact) mass is 262 g/mol. The Balaban J connectivity index is 2.59. The predicted molar refractivity (Wildman–Crippen MR) is 69.2 cm³/mol. The molecule has 0 saturated carbocycles. The molecule has 0 aromatic heterocycles. The summed E-state index contributed by atoms with van der Waals surface area (Å²) in [6, 6.07) is 3.34. The van der Waals surface area contributed by atoms with Gasteiger partial charge in [0.1, 0.15) is 11.5 Å². The maximum Gasteiger partial charge on any atom is 0.221 e. The number of oxime groups is 1. The van der Waals surface area contributed by atoms with Gasteiger partial charge in [-0.3, -0.25) is 9.59 Å². The van der Waals surface area contributed by atoms with Crippen molar-refractivity contribution in [1.82, 2.24) is 0 Å². The summed E-state index contributed by atoms with van der Waals surface area (Å²) in [5.41, 5.74) is 1.63. The maximum absolute atomic E-state index is 12.2. The molecule has 0 aliphatic heterocycles. The van der Waals surface area contributed by atoms with Gasteiger partial charge >= 0.3 is 0 Å². The highest BCUT2D eigenvalue weighted by Crippen LogP contribution is 2.31. The summed E-state index contributed by atoms with van der Waals surface area (Å²) >= 11 is 0. The van der Waals surface area contributed by atoms with E-state index < -0.39 is 0 Å². The molecule has 0 atom stereocenters. The number of hydrogen-bond donors (Lipinski definition) is 2. The maximum atomic E-state index is 12.2. The molecule has 1 aromatic rings. The van der Waals surface area contributed by atoms with Crippen LogP contribution in [0.15, 0.2) is 17.3 Å². The number of aryl methyl sites for hydroxylation is 1. The summed E-state index contributed by atoms with van der Waals surface area (Å²) in [7, 11) is 1.52. The summed E-state index contributed by atoms with van der Waals surface area (Å²) < 4.78 is 5.15. The van der Waals surface area contributed by atoms with Crippen molar-refractivity contribution in [1.29, 1.82) is 0 Å². The first kappa shape index (κ1) is 13.1. The zero-order valence-electron chi connectivity index (χ0n) is 10.7. The Morgan fingerprint density at radius 2 is 2.16 bits per heavy atom. The number of nitrogens with zero attached hydrogens (tertiary/aromatic N) is 1. The smallest absolute Gasteiger partial charge is 0.221 e. The Morgan fingerprint density at radius 3 is 2.74 bits per heavy atom. The zero-order valence-corrected chi connectivity index (χ0v) is 10.7. The Hall–Kier alpha value is -2.37. The van der Waals surface area contributed by atoms with Gasteiger partial charge in [-0.05, 0) is 18.1 Å². The van der Waals surface area contributed by atoms with Crippen LogP contribution in [0.4, 0.5) is 5.69 Å². The van der Waals surface area contributed by atoms with Crippen LogP contribution < -0.4 is 10.1 Å². The van der Waals surface area contributed by atoms with Gasteiger partial charge in [0.15, 0.2) is 0 Å². The van der Waals surface area contributed by atoms with Crippen LogP contribution in [-0.2, 0) is 11.2 Å². The fourth-order valence-corrected chi connectivity index (χ4v) is 2.15. The number of carbonyl (C=O) groups is 2. The van der Waals surface area contributed by atoms with Gasteiger partial charge in [-0.25, -0.2) is 0 Å². The number of carbonyl (C=O) groups excluding carboxylic acids is 2. The van der Waals surface area contributed by atoms with Crippen LogP contribution in [0.5, 0.6) is 5.75 Å². The van der Waals surface area contributed by atoms with E-state index in [-0.39, 0.29) is 17.4 Å². The number of rotatable bonds is 2. The number of Topliss-reactive ketones (excluding diaryl/α,β-unsaturated/α-hetero) is 1. The van der Waals surface area contributed by atoms with Crippen molar-refractivity contribution in [2.45, 2.75) is 19.8 Å². The van der Waals surface area contributed by atoms with Crippen LogP contribution >= 0.6 is 0 Å². The van der Waals surface area contributed by atoms with Crippen molar-refractivity contribution < 1.29 is 19.5 Å². The van der Waals surface area contributed by atoms with Gasteiger partial charge < -0.3 is 15.3 Å². The van der Waals surface area contributed by atoms with Gasteiger partial charge in [0.05, 0.1) is 18.4 Å². The van der Waals surface area contributed by atoms with E-state index in [0.717, 1.165) is 5.56 Å². The number of ketones is 1. The van der Waals surface area contributed by atoms with Gasteiger partial charge in [0.25, 0.3) is 0 Å². The van der Waals surface area contributed by atoms with Crippen LogP contribution in [0.1, 0.15) is 29.3 Å². The van der Waals surface area contributed by atoms with E-state index in [1.807, 2.05) is 0 Å². The number of hydrogen-bond acceptors (Lipinski definition) is 5. The van der Waals surface area contributed by atoms with Crippen molar-refractivity contribution in [2.75, 3.05) is 12.4 Å². The van der Waals surface area contributed by atoms with Crippen molar-refractivity contribution in [2.24, 2.45) is 5.16 Å². The van der Waals surface area contributed by atoms with E-state index in [0.29, 0.717) is 29.8 Å². The van der Waals surface area contributed by atoms with Crippen LogP contribution in [0.3, 0.4) is 0 Å². The molecule has 0 unspecified atom stereocenters. The highest BCUT2D eigenvalue weighted by atomic mass is 16.5. The number of ether oxygens (including phenoxy) is 1. The highest BCUT2D eigenvalue weighted by Gasteiger charge is 2.28. The Labute approximate surface area is 110 Å². The first-order valence-electron chi connectivity index (χ1n) is 5.81. The van der Waals surface area contributed by atoms with Crippen molar-refractivity contribution in [3.05, 3.63) is 23.3 Å². The standard InChI is InChI=1S/C13H14N2O4/c1-7(16)14-11-6-9(19-2)5-8-3-4-10(15-18)13(17)12(8)11/h5-6,18H,3-4H2,1-2H3,(H,14,16). The lowest BCUT2D eigenvalue weighted by atomic mass is 9.87. The second-order valence-electron chi connectivity index (χ2n) is 4.27. The molecule has 0 saturated heterocycles. The minimum absolute atomic E-state index is 0.101. The summed E-state index contributed by atoms with van der Waals surface area (Å²) in [5, 5.41) is 14.4. The third-order valence-corrected chi connectivity index (χ3v) is 2.98. The van der Waals surface area contributed by atoms with Crippen molar-refractivity contribution in [3.8, 4) is 5.75 Å².